The highest BCUT2D eigenvalue weighted by Crippen LogP contribution is 2.48. The van der Waals surface area contributed by atoms with Crippen LogP contribution < -0.4 is 5.73 Å². The smallest absolute Gasteiger partial charge is 0.0830 e. The van der Waals surface area contributed by atoms with Crippen LogP contribution in [0.2, 0.25) is 0 Å². The maximum absolute atomic E-state index is 6.34. The summed E-state index contributed by atoms with van der Waals surface area (Å²) in [6.07, 6.45) is 1.02. The van der Waals surface area contributed by atoms with Crippen LogP contribution in [0.5, 0.6) is 0 Å². The lowest BCUT2D eigenvalue weighted by molar-refractivity contribution is -0.110. The first-order valence-electron chi connectivity index (χ1n) is 8.03. The van der Waals surface area contributed by atoms with E-state index in [0.29, 0.717) is 12.6 Å². The average Bonchev–Trinajstić information content (AvgIpc) is 2.54. The number of nitrogens with two attached hydrogens (primary N) is 1. The molecule has 118 valence electrons. The molecule has 2 rings (SSSR count). The van der Waals surface area contributed by atoms with Crippen molar-refractivity contribution in [3.05, 3.63) is 0 Å². The van der Waals surface area contributed by atoms with E-state index in [1.165, 1.54) is 0 Å². The van der Waals surface area contributed by atoms with E-state index in [2.05, 4.69) is 51.3 Å². The molecule has 0 saturated carbocycles. The van der Waals surface area contributed by atoms with Crippen molar-refractivity contribution in [3.63, 3.8) is 0 Å². The molecule has 0 radical (unpaired) electrons. The van der Waals surface area contributed by atoms with Gasteiger partial charge in [0.05, 0.1) is 16.7 Å². The van der Waals surface area contributed by atoms with Crippen LogP contribution in [-0.4, -0.2) is 65.3 Å². The Kier molecular flexibility index (Phi) is 4.25. The fraction of sp³-hybridized carbons (Fsp3) is 1.00. The van der Waals surface area contributed by atoms with Crippen LogP contribution in [0, 0.1) is 0 Å². The molecule has 2 aliphatic rings. The fourth-order valence-corrected chi connectivity index (χ4v) is 4.34. The number of ether oxygens (including phenoxy) is 1. The van der Waals surface area contributed by atoms with E-state index in [-0.39, 0.29) is 16.7 Å². The zero-order valence-corrected chi connectivity index (χ0v) is 14.2. The first-order chi connectivity index (χ1) is 9.13. The summed E-state index contributed by atoms with van der Waals surface area (Å²) in [6, 6.07) is 0.634. The predicted molar refractivity (Wildman–Crippen MR) is 83.9 cm³/mol. The summed E-state index contributed by atoms with van der Waals surface area (Å²) >= 11 is 0. The third kappa shape index (κ3) is 2.63. The van der Waals surface area contributed by atoms with Crippen molar-refractivity contribution in [1.82, 2.24) is 9.80 Å². The van der Waals surface area contributed by atoms with Crippen molar-refractivity contribution in [2.24, 2.45) is 5.73 Å². The minimum Gasteiger partial charge on any atom is -0.368 e. The summed E-state index contributed by atoms with van der Waals surface area (Å²) in [4.78, 5) is 5.15. The zero-order chi connectivity index (χ0) is 15.2. The van der Waals surface area contributed by atoms with Crippen LogP contribution in [0.15, 0.2) is 0 Å². The summed E-state index contributed by atoms with van der Waals surface area (Å²) in [5.41, 5.74) is 5.95. The number of rotatable bonds is 3. The van der Waals surface area contributed by atoms with Gasteiger partial charge in [-0.15, -0.1) is 0 Å². The molecule has 0 bridgehead atoms. The molecule has 2 aliphatic heterocycles. The minimum absolute atomic E-state index is 0.0282. The molecular weight excluding hydrogens is 250 g/mol. The molecule has 1 unspecified atom stereocenters. The first kappa shape index (κ1) is 16.2. The Labute approximate surface area is 124 Å². The maximum Gasteiger partial charge on any atom is 0.0830 e. The number of hydrogen-bond acceptors (Lipinski definition) is 4. The standard InChI is InChI=1S/C16H33N3O/c1-13(2)18-7-9-19(10-8-18)16(12-17)11-14(3,4)20-15(16,5)6/h13H,7-12,17H2,1-6H3. The van der Waals surface area contributed by atoms with Crippen molar-refractivity contribution in [2.45, 2.75) is 70.7 Å². The van der Waals surface area contributed by atoms with Crippen molar-refractivity contribution >= 4 is 0 Å². The fourth-order valence-electron chi connectivity index (χ4n) is 4.34. The Bertz CT molecular complexity index is 346. The second-order valence-corrected chi connectivity index (χ2v) is 7.90. The van der Waals surface area contributed by atoms with Crippen LogP contribution in [0.25, 0.3) is 0 Å². The molecule has 1 atom stereocenters. The molecule has 2 N–H and O–H groups in total. The van der Waals surface area contributed by atoms with E-state index in [1.54, 1.807) is 0 Å². The van der Waals surface area contributed by atoms with E-state index in [1.807, 2.05) is 0 Å². The quantitative estimate of drug-likeness (QED) is 0.856. The number of nitrogens with zero attached hydrogens (tertiary/aromatic N) is 2. The molecule has 2 saturated heterocycles. The van der Waals surface area contributed by atoms with E-state index >= 15 is 0 Å². The van der Waals surface area contributed by atoms with Crippen LogP contribution in [0.4, 0.5) is 0 Å². The van der Waals surface area contributed by atoms with Gasteiger partial charge in [-0.3, -0.25) is 9.80 Å². The molecular formula is C16H33N3O. The molecule has 0 spiro atoms. The van der Waals surface area contributed by atoms with E-state index in [9.17, 15) is 0 Å². The Balaban J connectivity index is 2.17. The minimum atomic E-state index is -0.189. The molecule has 2 heterocycles. The molecule has 2 fully saturated rings. The Morgan fingerprint density at radius 2 is 1.60 bits per heavy atom. The molecule has 0 aromatic heterocycles. The summed E-state index contributed by atoms with van der Waals surface area (Å²) in [6.45, 7) is 18.5. The van der Waals surface area contributed by atoms with Crippen molar-refractivity contribution in [1.29, 1.82) is 0 Å². The molecule has 4 nitrogen and oxygen atoms in total. The second-order valence-electron chi connectivity index (χ2n) is 7.90. The van der Waals surface area contributed by atoms with Gasteiger partial charge in [0, 0.05) is 38.8 Å². The number of hydrogen-bond donors (Lipinski definition) is 1. The molecule has 0 aromatic carbocycles. The van der Waals surface area contributed by atoms with E-state index < -0.39 is 0 Å². The van der Waals surface area contributed by atoms with Gasteiger partial charge in [-0.2, -0.15) is 0 Å². The van der Waals surface area contributed by atoms with Crippen LogP contribution >= 0.6 is 0 Å². The van der Waals surface area contributed by atoms with Gasteiger partial charge < -0.3 is 10.5 Å². The van der Waals surface area contributed by atoms with Gasteiger partial charge in [0.2, 0.25) is 0 Å². The van der Waals surface area contributed by atoms with Crippen molar-refractivity contribution in [3.8, 4) is 0 Å². The van der Waals surface area contributed by atoms with Crippen molar-refractivity contribution in [2.75, 3.05) is 32.7 Å². The highest BCUT2D eigenvalue weighted by atomic mass is 16.5. The van der Waals surface area contributed by atoms with Crippen LogP contribution in [0.3, 0.4) is 0 Å². The zero-order valence-electron chi connectivity index (χ0n) is 14.2. The predicted octanol–water partition coefficient (Wildman–Crippen LogP) is 1.69. The summed E-state index contributed by atoms with van der Waals surface area (Å²) < 4.78 is 6.34. The summed E-state index contributed by atoms with van der Waals surface area (Å²) in [5, 5.41) is 0. The Hall–Kier alpha value is -0.160. The molecule has 4 heteroatoms. The highest BCUT2D eigenvalue weighted by Gasteiger charge is 2.59. The normalized spacial score (nSPS) is 34.8. The van der Waals surface area contributed by atoms with Crippen LogP contribution in [-0.2, 0) is 4.74 Å². The number of piperazine rings is 1. The summed E-state index contributed by atoms with van der Waals surface area (Å²) in [7, 11) is 0. The third-order valence-corrected chi connectivity index (χ3v) is 5.36. The van der Waals surface area contributed by atoms with Gasteiger partial charge in [0.25, 0.3) is 0 Å². The van der Waals surface area contributed by atoms with Crippen molar-refractivity contribution < 1.29 is 4.74 Å². The Morgan fingerprint density at radius 3 is 1.95 bits per heavy atom. The van der Waals surface area contributed by atoms with E-state index in [4.69, 9.17) is 10.5 Å². The van der Waals surface area contributed by atoms with Crippen LogP contribution in [0.1, 0.15) is 48.0 Å². The third-order valence-electron chi connectivity index (χ3n) is 5.36. The Morgan fingerprint density at radius 1 is 1.05 bits per heavy atom. The lowest BCUT2D eigenvalue weighted by Crippen LogP contribution is -2.67. The molecule has 0 aromatic rings. The van der Waals surface area contributed by atoms with Gasteiger partial charge in [0.15, 0.2) is 0 Å². The first-order valence-corrected chi connectivity index (χ1v) is 8.03. The second kappa shape index (κ2) is 5.24. The molecule has 0 aliphatic carbocycles. The maximum atomic E-state index is 6.34. The molecule has 0 amide bonds. The molecule has 20 heavy (non-hydrogen) atoms. The monoisotopic (exact) mass is 283 g/mol. The van der Waals surface area contributed by atoms with Gasteiger partial charge in [-0.05, 0) is 48.0 Å². The highest BCUT2D eigenvalue weighted by molar-refractivity contribution is 5.13. The largest absolute Gasteiger partial charge is 0.368 e. The van der Waals surface area contributed by atoms with Gasteiger partial charge in [0.1, 0.15) is 0 Å². The van der Waals surface area contributed by atoms with Gasteiger partial charge in [-0.25, -0.2) is 0 Å². The van der Waals surface area contributed by atoms with Gasteiger partial charge in [-0.1, -0.05) is 0 Å². The topological polar surface area (TPSA) is 41.7 Å². The average molecular weight is 283 g/mol. The lowest BCUT2D eigenvalue weighted by atomic mass is 9.77. The summed E-state index contributed by atoms with van der Waals surface area (Å²) in [5.74, 6) is 0. The van der Waals surface area contributed by atoms with Gasteiger partial charge >= 0.3 is 0 Å². The SMILES string of the molecule is CC(C)N1CCN(C2(CN)CC(C)(C)OC2(C)C)CC1. The lowest BCUT2D eigenvalue weighted by Gasteiger charge is -2.51. The van der Waals surface area contributed by atoms with E-state index in [0.717, 1.165) is 32.6 Å².